The average molecular weight is 430 g/mol. The number of anilines is 4. The Kier molecular flexibility index (Phi) is 5.42. The molecule has 0 spiro atoms. The smallest absolute Gasteiger partial charge is 0.260 e. The van der Waals surface area contributed by atoms with Gasteiger partial charge in [-0.1, -0.05) is 12.1 Å². The van der Waals surface area contributed by atoms with Gasteiger partial charge in [-0.3, -0.25) is 4.79 Å². The number of hydrogen-bond acceptors (Lipinski definition) is 6. The number of sulfonamides is 1. The Balaban J connectivity index is 1.53. The molecule has 2 heterocycles. The first-order valence-electron chi connectivity index (χ1n) is 10.1. The SMILES string of the molecule is CN1C(=O)c2ccccc2N(C)c2cc(N[C@H]3CC[C@H](NS(C)(=O)=O)CC3)ncc21. The maximum Gasteiger partial charge on any atom is 0.260 e. The molecule has 0 bridgehead atoms. The van der Waals surface area contributed by atoms with E-state index in [1.807, 2.05) is 42.3 Å². The van der Waals surface area contributed by atoms with Crippen LogP contribution in [0.2, 0.25) is 0 Å². The molecule has 9 heteroatoms. The summed E-state index contributed by atoms with van der Waals surface area (Å²) < 4.78 is 25.6. The second-order valence-corrected chi connectivity index (χ2v) is 9.86. The monoisotopic (exact) mass is 429 g/mol. The second-order valence-electron chi connectivity index (χ2n) is 8.08. The third-order valence-corrected chi connectivity index (χ3v) is 6.61. The van der Waals surface area contributed by atoms with Gasteiger partial charge in [-0.05, 0) is 37.8 Å². The van der Waals surface area contributed by atoms with Gasteiger partial charge in [0.15, 0.2) is 0 Å². The molecule has 1 saturated carbocycles. The largest absolute Gasteiger partial charge is 0.367 e. The summed E-state index contributed by atoms with van der Waals surface area (Å²) in [5.41, 5.74) is 3.17. The molecule has 0 unspecified atom stereocenters. The zero-order chi connectivity index (χ0) is 21.5. The molecule has 160 valence electrons. The van der Waals surface area contributed by atoms with Gasteiger partial charge in [-0.2, -0.15) is 0 Å². The number of nitrogens with one attached hydrogen (secondary N) is 2. The highest BCUT2D eigenvalue weighted by Crippen LogP contribution is 2.39. The van der Waals surface area contributed by atoms with E-state index in [-0.39, 0.29) is 18.0 Å². The lowest BCUT2D eigenvalue weighted by Crippen LogP contribution is -2.39. The third-order valence-electron chi connectivity index (χ3n) is 5.84. The van der Waals surface area contributed by atoms with Crippen molar-refractivity contribution in [1.29, 1.82) is 0 Å². The topological polar surface area (TPSA) is 94.6 Å². The summed E-state index contributed by atoms with van der Waals surface area (Å²) in [6, 6.07) is 9.79. The summed E-state index contributed by atoms with van der Waals surface area (Å²) in [6.45, 7) is 0. The molecule has 1 amide bonds. The molecular weight excluding hydrogens is 402 g/mol. The number of hydrogen-bond donors (Lipinski definition) is 2. The fourth-order valence-electron chi connectivity index (χ4n) is 4.28. The van der Waals surface area contributed by atoms with Crippen LogP contribution in [-0.2, 0) is 10.0 Å². The molecule has 1 aromatic carbocycles. The van der Waals surface area contributed by atoms with Crippen molar-refractivity contribution in [2.45, 2.75) is 37.8 Å². The number of fused-ring (bicyclic) bond motifs is 2. The van der Waals surface area contributed by atoms with Crippen molar-refractivity contribution in [2.24, 2.45) is 0 Å². The van der Waals surface area contributed by atoms with Gasteiger partial charge >= 0.3 is 0 Å². The summed E-state index contributed by atoms with van der Waals surface area (Å²) in [5.74, 6) is 0.691. The Bertz CT molecular complexity index is 1060. The average Bonchev–Trinajstić information content (AvgIpc) is 2.79. The van der Waals surface area contributed by atoms with E-state index in [1.165, 1.54) is 6.26 Å². The number of carbonyl (C=O) groups is 1. The van der Waals surface area contributed by atoms with Crippen molar-refractivity contribution in [3.8, 4) is 0 Å². The molecule has 0 saturated heterocycles. The zero-order valence-electron chi connectivity index (χ0n) is 17.4. The lowest BCUT2D eigenvalue weighted by atomic mass is 9.92. The van der Waals surface area contributed by atoms with Crippen molar-refractivity contribution >= 4 is 38.8 Å². The molecule has 1 aliphatic carbocycles. The van der Waals surface area contributed by atoms with Gasteiger partial charge < -0.3 is 15.1 Å². The molecule has 2 N–H and O–H groups in total. The molecule has 1 fully saturated rings. The third kappa shape index (κ3) is 4.13. The van der Waals surface area contributed by atoms with Crippen molar-refractivity contribution in [3.63, 3.8) is 0 Å². The highest BCUT2D eigenvalue weighted by atomic mass is 32.2. The van der Waals surface area contributed by atoms with E-state index in [0.717, 1.165) is 48.6 Å². The standard InChI is InChI=1S/C21H27N5O3S/c1-25-17-7-5-4-6-16(17)21(27)26(2)19-13-22-20(12-18(19)25)23-14-8-10-15(11-9-14)24-30(3,28)29/h4-7,12-15,24H,8-11H2,1-3H3,(H,22,23)/t14-,15-. The molecule has 0 radical (unpaired) electrons. The molecule has 1 aliphatic heterocycles. The fourth-order valence-corrected chi connectivity index (χ4v) is 5.12. The zero-order valence-corrected chi connectivity index (χ0v) is 18.2. The van der Waals surface area contributed by atoms with Gasteiger partial charge in [0.1, 0.15) is 5.82 Å². The van der Waals surface area contributed by atoms with Crippen molar-refractivity contribution in [1.82, 2.24) is 9.71 Å². The van der Waals surface area contributed by atoms with E-state index in [2.05, 4.69) is 15.0 Å². The van der Waals surface area contributed by atoms with Crippen LogP contribution in [0.5, 0.6) is 0 Å². The van der Waals surface area contributed by atoms with Crippen molar-refractivity contribution in [3.05, 3.63) is 42.1 Å². The Hall–Kier alpha value is -2.65. The Morgan fingerprint density at radius 2 is 1.63 bits per heavy atom. The highest BCUT2D eigenvalue weighted by Gasteiger charge is 2.28. The predicted molar refractivity (Wildman–Crippen MR) is 119 cm³/mol. The predicted octanol–water partition coefficient (Wildman–Crippen LogP) is 2.71. The van der Waals surface area contributed by atoms with Crippen LogP contribution in [0.1, 0.15) is 36.0 Å². The number of rotatable bonds is 4. The minimum Gasteiger partial charge on any atom is -0.367 e. The minimum absolute atomic E-state index is 0.000325. The maximum absolute atomic E-state index is 12.9. The van der Waals surface area contributed by atoms with Crippen LogP contribution < -0.4 is 19.8 Å². The number of nitrogens with zero attached hydrogens (tertiary/aromatic N) is 3. The quantitative estimate of drug-likeness (QED) is 0.776. The molecule has 30 heavy (non-hydrogen) atoms. The van der Waals surface area contributed by atoms with Crippen LogP contribution in [0.25, 0.3) is 0 Å². The fraction of sp³-hybridized carbons (Fsp3) is 0.429. The van der Waals surface area contributed by atoms with Gasteiger partial charge in [-0.15, -0.1) is 0 Å². The minimum atomic E-state index is -3.17. The van der Waals surface area contributed by atoms with E-state index in [9.17, 15) is 13.2 Å². The van der Waals surface area contributed by atoms with Crippen LogP contribution >= 0.6 is 0 Å². The number of carbonyl (C=O) groups excluding carboxylic acids is 1. The molecule has 1 aromatic heterocycles. The number of para-hydroxylation sites is 1. The first kappa shape index (κ1) is 20.6. The molecule has 0 atom stereocenters. The van der Waals surface area contributed by atoms with Crippen LogP contribution in [0, 0.1) is 0 Å². The van der Waals surface area contributed by atoms with E-state index in [4.69, 9.17) is 0 Å². The summed E-state index contributed by atoms with van der Waals surface area (Å²) in [7, 11) is 0.546. The van der Waals surface area contributed by atoms with Gasteiger partial charge in [-0.25, -0.2) is 18.1 Å². The van der Waals surface area contributed by atoms with Crippen LogP contribution in [0.15, 0.2) is 36.5 Å². The highest BCUT2D eigenvalue weighted by molar-refractivity contribution is 7.88. The summed E-state index contributed by atoms with van der Waals surface area (Å²) in [4.78, 5) is 21.1. The van der Waals surface area contributed by atoms with Crippen molar-refractivity contribution in [2.75, 3.05) is 35.5 Å². The lowest BCUT2D eigenvalue weighted by Gasteiger charge is -2.30. The normalized spacial score (nSPS) is 21.6. The van der Waals surface area contributed by atoms with E-state index >= 15 is 0 Å². The second kappa shape index (κ2) is 7.88. The lowest BCUT2D eigenvalue weighted by molar-refractivity contribution is 0.0994. The van der Waals surface area contributed by atoms with E-state index in [0.29, 0.717) is 5.56 Å². The number of aromatic nitrogens is 1. The maximum atomic E-state index is 12.9. The molecular formula is C21H27N5O3S. The summed E-state index contributed by atoms with van der Waals surface area (Å²) in [6.07, 6.45) is 6.24. The Morgan fingerprint density at radius 3 is 2.33 bits per heavy atom. The van der Waals surface area contributed by atoms with Crippen LogP contribution in [-0.4, -0.2) is 51.7 Å². The number of benzene rings is 1. The molecule has 2 aromatic rings. The first-order chi connectivity index (χ1) is 14.2. The molecule has 8 nitrogen and oxygen atoms in total. The van der Waals surface area contributed by atoms with Crippen LogP contribution in [0.4, 0.5) is 22.9 Å². The number of amides is 1. The first-order valence-corrected chi connectivity index (χ1v) is 12.0. The van der Waals surface area contributed by atoms with Gasteiger partial charge in [0, 0.05) is 32.2 Å². The number of pyridine rings is 1. The van der Waals surface area contributed by atoms with E-state index < -0.39 is 10.0 Å². The van der Waals surface area contributed by atoms with Gasteiger partial charge in [0.25, 0.3) is 5.91 Å². The molecule has 4 rings (SSSR count). The van der Waals surface area contributed by atoms with Gasteiger partial charge in [0.05, 0.1) is 35.1 Å². The van der Waals surface area contributed by atoms with E-state index in [1.54, 1.807) is 18.1 Å². The summed E-state index contributed by atoms with van der Waals surface area (Å²) >= 11 is 0. The van der Waals surface area contributed by atoms with Crippen molar-refractivity contribution < 1.29 is 13.2 Å². The van der Waals surface area contributed by atoms with Crippen LogP contribution in [0.3, 0.4) is 0 Å². The molecule has 2 aliphatic rings. The Labute approximate surface area is 177 Å². The van der Waals surface area contributed by atoms with Gasteiger partial charge in [0.2, 0.25) is 10.0 Å². The summed E-state index contributed by atoms with van der Waals surface area (Å²) in [5, 5.41) is 3.49. The Morgan fingerprint density at radius 1 is 0.967 bits per heavy atom.